The van der Waals surface area contributed by atoms with Crippen LogP contribution in [-0.2, 0) is 12.8 Å². The second-order valence-electron chi connectivity index (χ2n) is 4.73. The summed E-state index contributed by atoms with van der Waals surface area (Å²) >= 11 is 3.42. The summed E-state index contributed by atoms with van der Waals surface area (Å²) < 4.78 is 1.06. The first-order valence-corrected chi connectivity index (χ1v) is 7.14. The average molecular weight is 317 g/mol. The van der Waals surface area contributed by atoms with Crippen molar-refractivity contribution in [1.29, 1.82) is 0 Å². The van der Waals surface area contributed by atoms with Crippen LogP contribution in [0, 0.1) is 0 Å². The molecule has 0 spiro atoms. The molecule has 0 unspecified atom stereocenters. The standard InChI is InChI=1S/C15H13BrN2O/c16-11-6-4-10(5-7-11)8-15-17-9-12-13(18-15)2-1-3-14(12)19/h4-7,9H,1-3,8H2. The second-order valence-corrected chi connectivity index (χ2v) is 5.64. The Hall–Kier alpha value is -1.55. The zero-order valence-electron chi connectivity index (χ0n) is 10.4. The van der Waals surface area contributed by atoms with Gasteiger partial charge >= 0.3 is 0 Å². The Bertz CT molecular complexity index is 623. The molecule has 0 fully saturated rings. The molecule has 0 saturated heterocycles. The highest BCUT2D eigenvalue weighted by Gasteiger charge is 2.19. The molecule has 0 amide bonds. The molecule has 1 aromatic heterocycles. The molecule has 4 heteroatoms. The first kappa shape index (κ1) is 12.5. The summed E-state index contributed by atoms with van der Waals surface area (Å²) in [6.45, 7) is 0. The smallest absolute Gasteiger partial charge is 0.166 e. The predicted octanol–water partition coefficient (Wildman–Crippen LogP) is 3.35. The Kier molecular flexibility index (Phi) is 3.42. The number of hydrogen-bond acceptors (Lipinski definition) is 3. The molecule has 3 rings (SSSR count). The number of halogens is 1. The van der Waals surface area contributed by atoms with Crippen LogP contribution in [0.15, 0.2) is 34.9 Å². The van der Waals surface area contributed by atoms with Gasteiger partial charge in [-0.1, -0.05) is 28.1 Å². The van der Waals surface area contributed by atoms with E-state index in [1.54, 1.807) is 6.20 Å². The van der Waals surface area contributed by atoms with Crippen molar-refractivity contribution < 1.29 is 4.79 Å². The van der Waals surface area contributed by atoms with Gasteiger partial charge in [-0.2, -0.15) is 0 Å². The van der Waals surface area contributed by atoms with Gasteiger partial charge < -0.3 is 0 Å². The minimum atomic E-state index is 0.177. The Labute approximate surface area is 120 Å². The largest absolute Gasteiger partial charge is 0.294 e. The van der Waals surface area contributed by atoms with E-state index in [1.165, 1.54) is 5.56 Å². The SMILES string of the molecule is O=C1CCCc2nc(Cc3ccc(Br)cc3)ncc21. The first-order valence-electron chi connectivity index (χ1n) is 6.35. The molecule has 0 bridgehead atoms. The van der Waals surface area contributed by atoms with E-state index in [-0.39, 0.29) is 5.78 Å². The van der Waals surface area contributed by atoms with Crippen LogP contribution in [0.4, 0.5) is 0 Å². The number of nitrogens with zero attached hydrogens (tertiary/aromatic N) is 2. The van der Waals surface area contributed by atoms with E-state index in [9.17, 15) is 4.79 Å². The Morgan fingerprint density at radius 3 is 2.74 bits per heavy atom. The van der Waals surface area contributed by atoms with Gasteiger partial charge in [0.1, 0.15) is 5.82 Å². The lowest BCUT2D eigenvalue weighted by Crippen LogP contribution is -2.14. The molecule has 1 aliphatic carbocycles. The molecule has 96 valence electrons. The van der Waals surface area contributed by atoms with Crippen LogP contribution in [0.25, 0.3) is 0 Å². The van der Waals surface area contributed by atoms with Gasteiger partial charge in [0.15, 0.2) is 5.78 Å². The number of rotatable bonds is 2. The number of aromatic nitrogens is 2. The van der Waals surface area contributed by atoms with E-state index in [2.05, 4.69) is 38.0 Å². The maximum absolute atomic E-state index is 11.7. The van der Waals surface area contributed by atoms with Crippen LogP contribution in [0.5, 0.6) is 0 Å². The van der Waals surface area contributed by atoms with Gasteiger partial charge in [0.2, 0.25) is 0 Å². The number of carbonyl (C=O) groups excluding carboxylic acids is 1. The molecule has 3 nitrogen and oxygen atoms in total. The van der Waals surface area contributed by atoms with E-state index in [4.69, 9.17) is 0 Å². The zero-order valence-corrected chi connectivity index (χ0v) is 12.0. The number of benzene rings is 1. The number of fused-ring (bicyclic) bond motifs is 1. The molecule has 0 atom stereocenters. The van der Waals surface area contributed by atoms with Crippen molar-refractivity contribution in [2.45, 2.75) is 25.7 Å². The maximum Gasteiger partial charge on any atom is 0.166 e. The van der Waals surface area contributed by atoms with Crippen molar-refractivity contribution in [2.24, 2.45) is 0 Å². The van der Waals surface area contributed by atoms with E-state index in [1.807, 2.05) is 12.1 Å². The van der Waals surface area contributed by atoms with Gasteiger partial charge in [0.25, 0.3) is 0 Å². The minimum absolute atomic E-state index is 0.177. The average Bonchev–Trinajstić information content (AvgIpc) is 2.42. The number of aryl methyl sites for hydroxylation is 1. The van der Waals surface area contributed by atoms with Gasteiger partial charge in [-0.15, -0.1) is 0 Å². The second kappa shape index (κ2) is 5.21. The highest BCUT2D eigenvalue weighted by molar-refractivity contribution is 9.10. The molecular weight excluding hydrogens is 304 g/mol. The fourth-order valence-electron chi connectivity index (χ4n) is 2.30. The lowest BCUT2D eigenvalue weighted by molar-refractivity contribution is 0.0971. The molecule has 19 heavy (non-hydrogen) atoms. The van der Waals surface area contributed by atoms with Crippen molar-refractivity contribution in [3.8, 4) is 0 Å². The minimum Gasteiger partial charge on any atom is -0.294 e. The van der Waals surface area contributed by atoms with Crippen LogP contribution in [0.1, 0.15) is 40.3 Å². The number of hydrogen-bond donors (Lipinski definition) is 0. The third kappa shape index (κ3) is 2.73. The molecule has 1 aliphatic rings. The Balaban J connectivity index is 1.86. The topological polar surface area (TPSA) is 42.9 Å². The predicted molar refractivity (Wildman–Crippen MR) is 76.2 cm³/mol. The summed E-state index contributed by atoms with van der Waals surface area (Å²) in [6.07, 6.45) is 4.81. The van der Waals surface area contributed by atoms with Crippen molar-refractivity contribution in [1.82, 2.24) is 9.97 Å². The summed E-state index contributed by atoms with van der Waals surface area (Å²) in [7, 11) is 0. The third-order valence-corrected chi connectivity index (χ3v) is 3.84. The fourth-order valence-corrected chi connectivity index (χ4v) is 2.57. The van der Waals surface area contributed by atoms with E-state index >= 15 is 0 Å². The van der Waals surface area contributed by atoms with Crippen LogP contribution in [-0.4, -0.2) is 15.8 Å². The quantitative estimate of drug-likeness (QED) is 0.853. The van der Waals surface area contributed by atoms with Crippen molar-refractivity contribution >= 4 is 21.7 Å². The molecule has 0 N–H and O–H groups in total. The zero-order chi connectivity index (χ0) is 13.2. The van der Waals surface area contributed by atoms with Crippen LogP contribution in [0.2, 0.25) is 0 Å². The van der Waals surface area contributed by atoms with Gasteiger partial charge in [-0.05, 0) is 30.5 Å². The van der Waals surface area contributed by atoms with Gasteiger partial charge in [0, 0.05) is 23.5 Å². The number of Topliss-reactive ketones (excluding diaryl/α,β-unsaturated/α-hetero) is 1. The molecule has 0 aliphatic heterocycles. The summed E-state index contributed by atoms with van der Waals surface area (Å²) in [5.41, 5.74) is 2.80. The summed E-state index contributed by atoms with van der Waals surface area (Å²) in [5.74, 6) is 0.965. The molecule has 1 heterocycles. The van der Waals surface area contributed by atoms with Crippen molar-refractivity contribution in [3.63, 3.8) is 0 Å². The van der Waals surface area contributed by atoms with Crippen LogP contribution >= 0.6 is 15.9 Å². The molecule has 0 radical (unpaired) electrons. The van der Waals surface area contributed by atoms with Crippen LogP contribution in [0.3, 0.4) is 0 Å². The van der Waals surface area contributed by atoms with E-state index < -0.39 is 0 Å². The van der Waals surface area contributed by atoms with Crippen molar-refractivity contribution in [3.05, 3.63) is 57.6 Å². The van der Waals surface area contributed by atoms with E-state index in [0.717, 1.165) is 28.8 Å². The highest BCUT2D eigenvalue weighted by Crippen LogP contribution is 2.19. The normalized spacial score (nSPS) is 14.3. The van der Waals surface area contributed by atoms with Gasteiger partial charge in [-0.25, -0.2) is 9.97 Å². The molecular formula is C15H13BrN2O. The number of carbonyl (C=O) groups is 1. The molecule has 1 aromatic carbocycles. The summed E-state index contributed by atoms with van der Waals surface area (Å²) in [5, 5.41) is 0. The van der Waals surface area contributed by atoms with Crippen LogP contribution < -0.4 is 0 Å². The highest BCUT2D eigenvalue weighted by atomic mass is 79.9. The van der Waals surface area contributed by atoms with Gasteiger partial charge in [0.05, 0.1) is 11.3 Å². The summed E-state index contributed by atoms with van der Waals surface area (Å²) in [4.78, 5) is 20.6. The van der Waals surface area contributed by atoms with Gasteiger partial charge in [-0.3, -0.25) is 4.79 Å². The summed E-state index contributed by atoms with van der Waals surface area (Å²) in [6, 6.07) is 8.13. The number of ketones is 1. The lowest BCUT2D eigenvalue weighted by Gasteiger charge is -2.13. The monoisotopic (exact) mass is 316 g/mol. The Morgan fingerprint density at radius 2 is 1.95 bits per heavy atom. The lowest BCUT2D eigenvalue weighted by atomic mass is 9.96. The molecule has 0 saturated carbocycles. The fraction of sp³-hybridized carbons (Fsp3) is 0.267. The van der Waals surface area contributed by atoms with E-state index in [0.29, 0.717) is 18.4 Å². The maximum atomic E-state index is 11.7. The third-order valence-electron chi connectivity index (χ3n) is 3.31. The van der Waals surface area contributed by atoms with Crippen molar-refractivity contribution in [2.75, 3.05) is 0 Å². The molecule has 2 aromatic rings. The first-order chi connectivity index (χ1) is 9.22. The Morgan fingerprint density at radius 1 is 1.16 bits per heavy atom.